The van der Waals surface area contributed by atoms with Crippen LogP contribution in [0, 0.1) is 6.92 Å². The van der Waals surface area contributed by atoms with Crippen LogP contribution in [0.15, 0.2) is 36.7 Å². The van der Waals surface area contributed by atoms with E-state index in [0.29, 0.717) is 40.9 Å². The van der Waals surface area contributed by atoms with Crippen LogP contribution >= 0.6 is 22.9 Å². The number of aryl methyl sites for hydroxylation is 2. The molecular formula is C23H23ClN4O3S. The number of carbonyl (C=O) groups is 1. The second-order valence-corrected chi connectivity index (χ2v) is 8.75. The molecule has 3 aromatic heterocycles. The highest BCUT2D eigenvalue weighted by Gasteiger charge is 2.16. The van der Waals surface area contributed by atoms with Crippen molar-refractivity contribution in [3.63, 3.8) is 0 Å². The summed E-state index contributed by atoms with van der Waals surface area (Å²) >= 11 is 7.72. The van der Waals surface area contributed by atoms with Gasteiger partial charge in [0.05, 0.1) is 28.2 Å². The summed E-state index contributed by atoms with van der Waals surface area (Å²) in [6, 6.07) is 9.53. The van der Waals surface area contributed by atoms with E-state index in [0.717, 1.165) is 32.8 Å². The fourth-order valence-corrected chi connectivity index (χ4v) is 5.11. The van der Waals surface area contributed by atoms with Gasteiger partial charge in [0.15, 0.2) is 0 Å². The number of thiophene rings is 1. The van der Waals surface area contributed by atoms with Crippen LogP contribution in [-0.2, 0) is 13.0 Å². The molecule has 0 atom stereocenters. The monoisotopic (exact) mass is 470 g/mol. The lowest BCUT2D eigenvalue weighted by Crippen LogP contribution is -2.12. The van der Waals surface area contributed by atoms with E-state index in [1.54, 1.807) is 7.11 Å². The molecule has 9 heteroatoms. The number of hydrogen-bond donors (Lipinski definition) is 2. The lowest BCUT2D eigenvalue weighted by atomic mass is 10.2. The molecule has 0 aliphatic heterocycles. The average molecular weight is 471 g/mol. The molecule has 32 heavy (non-hydrogen) atoms. The van der Waals surface area contributed by atoms with E-state index >= 15 is 0 Å². The Morgan fingerprint density at radius 1 is 1.28 bits per heavy atom. The quantitative estimate of drug-likeness (QED) is 0.353. The number of methoxy groups -OCH3 is 1. The van der Waals surface area contributed by atoms with Gasteiger partial charge in [-0.3, -0.25) is 0 Å². The highest BCUT2D eigenvalue weighted by Crippen LogP contribution is 2.34. The number of anilines is 1. The van der Waals surface area contributed by atoms with Gasteiger partial charge in [0, 0.05) is 30.2 Å². The predicted octanol–water partition coefficient (Wildman–Crippen LogP) is 5.50. The van der Waals surface area contributed by atoms with Crippen LogP contribution in [0.2, 0.25) is 5.02 Å². The molecule has 4 aromatic rings. The summed E-state index contributed by atoms with van der Waals surface area (Å²) in [4.78, 5) is 21.3. The van der Waals surface area contributed by atoms with E-state index in [2.05, 4.69) is 25.9 Å². The number of carboxylic acids is 1. The molecule has 0 saturated carbocycles. The van der Waals surface area contributed by atoms with Gasteiger partial charge in [0.1, 0.15) is 22.8 Å². The molecule has 0 aliphatic carbocycles. The SMILES string of the molecule is CCc1cc(-c2cc(NCCn3c(C)cc4c(OC)ccc(Cl)c43)ncn2)sc1C(=O)O. The second-order valence-electron chi connectivity index (χ2n) is 7.29. The van der Waals surface area contributed by atoms with Crippen molar-refractivity contribution < 1.29 is 14.6 Å². The summed E-state index contributed by atoms with van der Waals surface area (Å²) in [6.45, 7) is 5.30. The van der Waals surface area contributed by atoms with Gasteiger partial charge in [-0.1, -0.05) is 18.5 Å². The van der Waals surface area contributed by atoms with Gasteiger partial charge in [-0.25, -0.2) is 14.8 Å². The molecule has 7 nitrogen and oxygen atoms in total. The van der Waals surface area contributed by atoms with Crippen molar-refractivity contribution in [2.24, 2.45) is 0 Å². The van der Waals surface area contributed by atoms with Gasteiger partial charge < -0.3 is 19.7 Å². The normalized spacial score (nSPS) is 11.1. The van der Waals surface area contributed by atoms with Crippen LogP contribution in [0.3, 0.4) is 0 Å². The Labute approximate surface area is 194 Å². The molecule has 1 aromatic carbocycles. The lowest BCUT2D eigenvalue weighted by molar-refractivity contribution is 0.0701. The first kappa shape index (κ1) is 22.1. The van der Waals surface area contributed by atoms with Crippen LogP contribution in [-0.4, -0.2) is 39.3 Å². The Hall–Kier alpha value is -3.10. The molecule has 0 bridgehead atoms. The highest BCUT2D eigenvalue weighted by atomic mass is 35.5. The minimum atomic E-state index is -0.907. The van der Waals surface area contributed by atoms with E-state index < -0.39 is 5.97 Å². The zero-order chi connectivity index (χ0) is 22.8. The van der Waals surface area contributed by atoms with Crippen molar-refractivity contribution >= 4 is 45.6 Å². The Morgan fingerprint density at radius 2 is 2.09 bits per heavy atom. The van der Waals surface area contributed by atoms with Crippen LogP contribution in [0.25, 0.3) is 21.5 Å². The first-order valence-corrected chi connectivity index (χ1v) is 11.4. The molecule has 0 spiro atoms. The van der Waals surface area contributed by atoms with E-state index in [9.17, 15) is 9.90 Å². The molecule has 0 aliphatic rings. The molecule has 0 fully saturated rings. The third kappa shape index (κ3) is 4.16. The van der Waals surface area contributed by atoms with Crippen LogP contribution in [0.5, 0.6) is 5.75 Å². The number of benzene rings is 1. The first-order valence-electron chi connectivity index (χ1n) is 10.2. The minimum absolute atomic E-state index is 0.359. The third-order valence-corrected chi connectivity index (χ3v) is 6.83. The number of rotatable bonds is 8. The Balaban J connectivity index is 1.53. The van der Waals surface area contributed by atoms with Gasteiger partial charge >= 0.3 is 5.97 Å². The summed E-state index contributed by atoms with van der Waals surface area (Å²) in [5.41, 5.74) is 3.54. The van der Waals surface area contributed by atoms with Gasteiger partial charge in [-0.15, -0.1) is 11.3 Å². The number of nitrogens with one attached hydrogen (secondary N) is 1. The summed E-state index contributed by atoms with van der Waals surface area (Å²) in [7, 11) is 1.65. The maximum absolute atomic E-state index is 11.5. The van der Waals surface area contributed by atoms with Gasteiger partial charge in [-0.2, -0.15) is 0 Å². The number of aromatic carboxylic acids is 1. The molecule has 4 rings (SSSR count). The number of carboxylic acid groups (broad SMARTS) is 1. The Morgan fingerprint density at radius 3 is 2.78 bits per heavy atom. The smallest absolute Gasteiger partial charge is 0.346 e. The van der Waals surface area contributed by atoms with Crippen molar-refractivity contribution in [2.75, 3.05) is 19.0 Å². The number of halogens is 1. The highest BCUT2D eigenvalue weighted by molar-refractivity contribution is 7.17. The zero-order valence-electron chi connectivity index (χ0n) is 18.0. The summed E-state index contributed by atoms with van der Waals surface area (Å²) in [5, 5.41) is 14.4. The molecular weight excluding hydrogens is 448 g/mol. The van der Waals surface area contributed by atoms with Crippen molar-refractivity contribution in [3.05, 3.63) is 57.8 Å². The third-order valence-electron chi connectivity index (χ3n) is 5.34. The number of ether oxygens (including phenoxy) is 1. The topological polar surface area (TPSA) is 89.3 Å². The largest absolute Gasteiger partial charge is 0.496 e. The first-order chi connectivity index (χ1) is 15.4. The standard InChI is InChI=1S/C23H23ClN4O3S/c1-4-14-10-19(32-22(14)23(29)30)17-11-20(27-12-26-17)25-7-8-28-13(2)9-15-18(31-3)6-5-16(24)21(15)28/h5-6,9-12H,4,7-8H2,1-3H3,(H,29,30)(H,25,26,27). The second kappa shape index (κ2) is 9.18. The van der Waals surface area contributed by atoms with Crippen molar-refractivity contribution in [1.82, 2.24) is 14.5 Å². The molecule has 0 saturated heterocycles. The average Bonchev–Trinajstić information content (AvgIpc) is 3.36. The maximum Gasteiger partial charge on any atom is 0.346 e. The van der Waals surface area contributed by atoms with Gasteiger partial charge in [-0.05, 0) is 43.2 Å². The van der Waals surface area contributed by atoms with Crippen molar-refractivity contribution in [1.29, 1.82) is 0 Å². The fourth-order valence-electron chi connectivity index (χ4n) is 3.79. The van der Waals surface area contributed by atoms with Crippen molar-refractivity contribution in [3.8, 4) is 16.3 Å². The van der Waals surface area contributed by atoms with Crippen LogP contribution in [0.4, 0.5) is 5.82 Å². The summed E-state index contributed by atoms with van der Waals surface area (Å²) in [5.74, 6) is 0.564. The van der Waals surface area contributed by atoms with E-state index in [-0.39, 0.29) is 0 Å². The Bertz CT molecular complexity index is 1300. The van der Waals surface area contributed by atoms with Gasteiger partial charge in [0.2, 0.25) is 0 Å². The molecule has 2 N–H and O–H groups in total. The zero-order valence-corrected chi connectivity index (χ0v) is 19.5. The number of nitrogens with zero attached hydrogens (tertiary/aromatic N) is 3. The van der Waals surface area contributed by atoms with E-state index in [1.807, 2.05) is 38.1 Å². The molecule has 0 unspecified atom stereocenters. The lowest BCUT2D eigenvalue weighted by Gasteiger charge is -2.12. The number of fused-ring (bicyclic) bond motifs is 1. The van der Waals surface area contributed by atoms with Crippen LogP contribution < -0.4 is 10.1 Å². The number of hydrogen-bond acceptors (Lipinski definition) is 6. The molecule has 3 heterocycles. The number of aromatic nitrogens is 3. The van der Waals surface area contributed by atoms with Gasteiger partial charge in [0.25, 0.3) is 0 Å². The summed E-state index contributed by atoms with van der Waals surface area (Å²) in [6.07, 6.45) is 2.15. The van der Waals surface area contributed by atoms with E-state index in [1.165, 1.54) is 17.7 Å². The predicted molar refractivity (Wildman–Crippen MR) is 128 cm³/mol. The Kier molecular flexibility index (Phi) is 6.34. The molecule has 166 valence electrons. The van der Waals surface area contributed by atoms with Crippen LogP contribution in [0.1, 0.15) is 27.9 Å². The minimum Gasteiger partial charge on any atom is -0.496 e. The summed E-state index contributed by atoms with van der Waals surface area (Å²) < 4.78 is 7.63. The van der Waals surface area contributed by atoms with Crippen molar-refractivity contribution in [2.45, 2.75) is 26.8 Å². The fraction of sp³-hybridized carbons (Fsp3) is 0.261. The van der Waals surface area contributed by atoms with E-state index in [4.69, 9.17) is 16.3 Å². The maximum atomic E-state index is 11.5. The molecule has 0 radical (unpaired) electrons. The molecule has 0 amide bonds.